The molecule has 0 aliphatic heterocycles. The van der Waals surface area contributed by atoms with Crippen LogP contribution in [0.3, 0.4) is 0 Å². The van der Waals surface area contributed by atoms with Crippen LogP contribution in [-0.4, -0.2) is 34.6 Å². The van der Waals surface area contributed by atoms with Crippen LogP contribution in [0.25, 0.3) is 0 Å². The van der Waals surface area contributed by atoms with E-state index in [2.05, 4.69) is 10.0 Å². The summed E-state index contributed by atoms with van der Waals surface area (Å²) in [4.78, 5) is 12.1. The molecule has 0 radical (unpaired) electrons. The molecule has 0 heterocycles. The van der Waals surface area contributed by atoms with Crippen molar-refractivity contribution in [2.24, 2.45) is 0 Å². The van der Waals surface area contributed by atoms with Crippen LogP contribution in [-0.2, 0) is 21.2 Å². The molecular weight excluding hydrogens is 352 g/mol. The molecule has 0 aliphatic rings. The summed E-state index contributed by atoms with van der Waals surface area (Å²) >= 11 is 0. The van der Waals surface area contributed by atoms with Gasteiger partial charge in [-0.25, -0.2) is 8.42 Å². The minimum absolute atomic E-state index is 0.105. The van der Waals surface area contributed by atoms with E-state index < -0.39 is 10.0 Å². The normalized spacial score (nSPS) is 11.2. The molecule has 0 spiro atoms. The van der Waals surface area contributed by atoms with Crippen LogP contribution in [0.15, 0.2) is 53.4 Å². The van der Waals surface area contributed by atoms with Gasteiger partial charge in [0.25, 0.3) is 15.9 Å². The van der Waals surface area contributed by atoms with E-state index in [9.17, 15) is 13.2 Å². The number of ether oxygens (including phenoxy) is 1. The molecule has 1 amide bonds. The molecule has 0 unspecified atom stereocenters. The zero-order chi connectivity index (χ0) is 19.0. The van der Waals surface area contributed by atoms with Crippen molar-refractivity contribution in [1.82, 2.24) is 5.32 Å². The van der Waals surface area contributed by atoms with Crippen molar-refractivity contribution in [3.63, 3.8) is 0 Å². The number of nitrogens with one attached hydrogen (secondary N) is 2. The third-order valence-electron chi connectivity index (χ3n) is 3.85. The van der Waals surface area contributed by atoms with E-state index in [0.717, 1.165) is 18.4 Å². The molecular formula is C19H24N2O4S. The fourth-order valence-electron chi connectivity index (χ4n) is 2.33. The summed E-state index contributed by atoms with van der Waals surface area (Å²) in [7, 11) is -2.09. The van der Waals surface area contributed by atoms with Crippen LogP contribution in [0, 0.1) is 0 Å². The number of hydrogen-bond acceptors (Lipinski definition) is 4. The van der Waals surface area contributed by atoms with Crippen molar-refractivity contribution in [2.75, 3.05) is 25.0 Å². The van der Waals surface area contributed by atoms with Gasteiger partial charge in [0.1, 0.15) is 0 Å². The summed E-state index contributed by atoms with van der Waals surface area (Å²) in [5.41, 5.74) is 2.05. The molecule has 6 nitrogen and oxygen atoms in total. The van der Waals surface area contributed by atoms with Gasteiger partial charge in [-0.3, -0.25) is 9.52 Å². The van der Waals surface area contributed by atoms with Crippen molar-refractivity contribution in [3.05, 3.63) is 59.7 Å². The number of methoxy groups -OCH3 is 1. The van der Waals surface area contributed by atoms with Crippen LogP contribution in [0.4, 0.5) is 5.69 Å². The molecule has 0 saturated heterocycles. The highest BCUT2D eigenvalue weighted by Gasteiger charge is 2.15. The molecule has 2 aromatic rings. The van der Waals surface area contributed by atoms with Crippen LogP contribution in [0.5, 0.6) is 0 Å². The summed E-state index contributed by atoms with van der Waals surface area (Å²) in [6, 6.07) is 13.1. The van der Waals surface area contributed by atoms with Crippen LogP contribution in [0.2, 0.25) is 0 Å². The molecule has 2 rings (SSSR count). The van der Waals surface area contributed by atoms with Crippen molar-refractivity contribution < 1.29 is 17.9 Å². The van der Waals surface area contributed by atoms with Crippen molar-refractivity contribution >= 4 is 21.6 Å². The molecule has 0 aliphatic carbocycles. The fraction of sp³-hybridized carbons (Fsp3) is 0.316. The second-order valence-electron chi connectivity index (χ2n) is 5.78. The highest BCUT2D eigenvalue weighted by molar-refractivity contribution is 7.92. The molecule has 0 aromatic heterocycles. The highest BCUT2D eigenvalue weighted by Crippen LogP contribution is 2.17. The molecule has 0 saturated carbocycles. The van der Waals surface area contributed by atoms with Gasteiger partial charge < -0.3 is 10.1 Å². The number of aryl methyl sites for hydroxylation is 1. The van der Waals surface area contributed by atoms with Crippen LogP contribution in [0.1, 0.15) is 29.3 Å². The quantitative estimate of drug-likeness (QED) is 0.659. The molecule has 7 heteroatoms. The van der Waals surface area contributed by atoms with E-state index in [1.165, 1.54) is 24.3 Å². The summed E-state index contributed by atoms with van der Waals surface area (Å²) in [5.74, 6) is -0.242. The van der Waals surface area contributed by atoms with Crippen LogP contribution >= 0.6 is 0 Å². The largest absolute Gasteiger partial charge is 0.385 e. The number of carbonyl (C=O) groups is 1. The van der Waals surface area contributed by atoms with E-state index >= 15 is 0 Å². The second-order valence-corrected chi connectivity index (χ2v) is 7.47. The average Bonchev–Trinajstić information content (AvgIpc) is 2.65. The van der Waals surface area contributed by atoms with E-state index in [4.69, 9.17) is 4.74 Å². The third-order valence-corrected chi connectivity index (χ3v) is 5.25. The second kappa shape index (κ2) is 9.35. The fourth-order valence-corrected chi connectivity index (χ4v) is 3.39. The van der Waals surface area contributed by atoms with Gasteiger partial charge in [0.15, 0.2) is 0 Å². The first-order chi connectivity index (χ1) is 12.5. The van der Waals surface area contributed by atoms with E-state index in [1.807, 2.05) is 19.1 Å². The minimum Gasteiger partial charge on any atom is -0.385 e. The smallest absolute Gasteiger partial charge is 0.261 e. The Morgan fingerprint density at radius 1 is 1.04 bits per heavy atom. The Morgan fingerprint density at radius 3 is 2.27 bits per heavy atom. The summed E-state index contributed by atoms with van der Waals surface area (Å²) in [6.45, 7) is 3.11. The van der Waals surface area contributed by atoms with Gasteiger partial charge >= 0.3 is 0 Å². The van der Waals surface area contributed by atoms with Gasteiger partial charge in [-0.1, -0.05) is 19.1 Å². The molecule has 2 N–H and O–H groups in total. The Kier molecular flexibility index (Phi) is 7.17. The molecule has 0 bridgehead atoms. The SMILES string of the molecule is CCc1ccc(NS(=O)(=O)c2ccc(C(=O)NCCCOC)cc2)cc1. The van der Waals surface area contributed by atoms with Crippen molar-refractivity contribution in [1.29, 1.82) is 0 Å². The predicted molar refractivity (Wildman–Crippen MR) is 102 cm³/mol. The number of benzene rings is 2. The molecule has 0 fully saturated rings. The number of anilines is 1. The Bertz CT molecular complexity index is 816. The van der Waals surface area contributed by atoms with Gasteiger partial charge in [-0.05, 0) is 54.8 Å². The topological polar surface area (TPSA) is 84.5 Å². The number of amides is 1. The first-order valence-corrected chi connectivity index (χ1v) is 9.93. The zero-order valence-corrected chi connectivity index (χ0v) is 15.8. The summed E-state index contributed by atoms with van der Waals surface area (Å²) < 4.78 is 32.4. The van der Waals surface area contributed by atoms with Gasteiger partial charge in [0.05, 0.1) is 4.90 Å². The maximum Gasteiger partial charge on any atom is 0.261 e. The Hall–Kier alpha value is -2.38. The molecule has 2 aromatic carbocycles. The molecule has 140 valence electrons. The van der Waals surface area contributed by atoms with Crippen LogP contribution < -0.4 is 10.0 Å². The standard InChI is InChI=1S/C19H24N2O4S/c1-3-15-5-9-17(10-6-15)21-26(23,24)18-11-7-16(8-12-18)19(22)20-13-4-14-25-2/h5-12,21H,3-4,13-14H2,1-2H3,(H,20,22). The van der Waals surface area contributed by atoms with Gasteiger partial charge in [0, 0.05) is 31.5 Å². The van der Waals surface area contributed by atoms with Gasteiger partial charge in [-0.15, -0.1) is 0 Å². The maximum atomic E-state index is 12.5. The first kappa shape index (κ1) is 19.9. The first-order valence-electron chi connectivity index (χ1n) is 8.45. The van der Waals surface area contributed by atoms with Gasteiger partial charge in [-0.2, -0.15) is 0 Å². The minimum atomic E-state index is -3.70. The zero-order valence-electron chi connectivity index (χ0n) is 15.0. The van der Waals surface area contributed by atoms with Gasteiger partial charge in [0.2, 0.25) is 0 Å². The summed E-state index contributed by atoms with van der Waals surface area (Å²) in [5, 5.41) is 2.76. The lowest BCUT2D eigenvalue weighted by molar-refractivity contribution is 0.0948. The lowest BCUT2D eigenvalue weighted by atomic mass is 10.2. The predicted octanol–water partition coefficient (Wildman–Crippen LogP) is 2.82. The number of carbonyl (C=O) groups excluding carboxylic acids is 1. The number of sulfonamides is 1. The lowest BCUT2D eigenvalue weighted by Gasteiger charge is -2.10. The molecule has 26 heavy (non-hydrogen) atoms. The Labute approximate surface area is 154 Å². The number of rotatable bonds is 9. The average molecular weight is 376 g/mol. The molecule has 0 atom stereocenters. The summed E-state index contributed by atoms with van der Waals surface area (Å²) in [6.07, 6.45) is 1.61. The van der Waals surface area contributed by atoms with Crippen molar-refractivity contribution in [2.45, 2.75) is 24.7 Å². The van der Waals surface area contributed by atoms with E-state index in [-0.39, 0.29) is 10.8 Å². The maximum absolute atomic E-state index is 12.5. The Morgan fingerprint density at radius 2 is 1.69 bits per heavy atom. The van der Waals surface area contributed by atoms with E-state index in [1.54, 1.807) is 19.2 Å². The number of hydrogen-bond donors (Lipinski definition) is 2. The third kappa shape index (κ3) is 5.57. The Balaban J connectivity index is 2.02. The monoisotopic (exact) mass is 376 g/mol. The highest BCUT2D eigenvalue weighted by atomic mass is 32.2. The lowest BCUT2D eigenvalue weighted by Crippen LogP contribution is -2.25. The van der Waals surface area contributed by atoms with E-state index in [0.29, 0.717) is 24.4 Å². The van der Waals surface area contributed by atoms with Crippen molar-refractivity contribution in [3.8, 4) is 0 Å².